The van der Waals surface area contributed by atoms with E-state index in [0.29, 0.717) is 39.1 Å². The molecule has 47 heavy (non-hydrogen) atoms. The molecular weight excluding hydrogens is 594 g/mol. The van der Waals surface area contributed by atoms with Gasteiger partial charge in [0.2, 0.25) is 12.1 Å². The second-order valence-corrected chi connectivity index (χ2v) is 11.4. The van der Waals surface area contributed by atoms with Gasteiger partial charge >= 0.3 is 5.97 Å². The molecule has 0 saturated heterocycles. The summed E-state index contributed by atoms with van der Waals surface area (Å²) in [6, 6.07) is 34.2. The zero-order valence-electron chi connectivity index (χ0n) is 25.9. The maximum Gasteiger partial charge on any atom is 0.323 e. The van der Waals surface area contributed by atoms with Crippen LogP contribution < -0.4 is 15.1 Å². The number of anilines is 2. The Morgan fingerprint density at radius 1 is 0.851 bits per heavy atom. The summed E-state index contributed by atoms with van der Waals surface area (Å²) in [4.78, 5) is 62.0. The van der Waals surface area contributed by atoms with Crippen molar-refractivity contribution in [3.8, 4) is 0 Å². The molecule has 5 aromatic rings. The van der Waals surface area contributed by atoms with Crippen LogP contribution in [0.25, 0.3) is 10.9 Å². The number of hydrogen-bond donors (Lipinski definition) is 2. The topological polar surface area (TPSA) is 124 Å². The summed E-state index contributed by atoms with van der Waals surface area (Å²) in [6.45, 7) is 3.04. The number of benzodiazepines with no additional fused rings is 1. The first-order valence-electron chi connectivity index (χ1n) is 15.2. The Bertz CT molecular complexity index is 2000. The normalized spacial score (nSPS) is 14.4. The molecule has 0 aliphatic carbocycles. The third-order valence-corrected chi connectivity index (χ3v) is 7.97. The van der Waals surface area contributed by atoms with Crippen LogP contribution in [-0.2, 0) is 20.9 Å². The molecular formula is C37H33N5O5. The van der Waals surface area contributed by atoms with E-state index in [1.54, 1.807) is 47.4 Å². The van der Waals surface area contributed by atoms with Crippen molar-refractivity contribution in [1.29, 1.82) is 0 Å². The van der Waals surface area contributed by atoms with Crippen LogP contribution in [0.4, 0.5) is 11.4 Å². The third kappa shape index (κ3) is 6.26. The van der Waals surface area contributed by atoms with E-state index in [4.69, 9.17) is 4.99 Å². The van der Waals surface area contributed by atoms with Gasteiger partial charge in [0.25, 0.3) is 11.8 Å². The number of carbonyl (C=O) groups is 4. The molecule has 236 valence electrons. The van der Waals surface area contributed by atoms with Crippen LogP contribution in [0.5, 0.6) is 0 Å². The summed E-state index contributed by atoms with van der Waals surface area (Å²) in [6.07, 6.45) is -1.43. The number of nitrogens with one attached hydrogen (secondary N) is 1. The van der Waals surface area contributed by atoms with E-state index in [2.05, 4.69) is 5.32 Å². The SMILES string of the molecule is CC(C)N(C(=O)CN1C(=O)C(NC(=O)c2cc3ccccc3n2CC(=O)O)N=C(c2ccccc2)c2ccccc21)c1ccccc1. The number of aliphatic imine (C=N–C) groups is 1. The number of carbonyl (C=O) groups excluding carboxylic acids is 3. The van der Waals surface area contributed by atoms with Gasteiger partial charge in [-0.1, -0.05) is 84.9 Å². The number of nitrogens with zero attached hydrogens (tertiary/aromatic N) is 4. The summed E-state index contributed by atoms with van der Waals surface area (Å²) >= 11 is 0. The predicted octanol–water partition coefficient (Wildman–Crippen LogP) is 5.11. The number of para-hydroxylation sites is 3. The zero-order chi connectivity index (χ0) is 33.1. The van der Waals surface area contributed by atoms with Crippen LogP contribution in [0, 0.1) is 0 Å². The van der Waals surface area contributed by atoms with Gasteiger partial charge in [-0.25, -0.2) is 4.99 Å². The van der Waals surface area contributed by atoms with Gasteiger partial charge in [-0.05, 0) is 44.2 Å². The molecule has 6 rings (SSSR count). The molecule has 10 heteroatoms. The van der Waals surface area contributed by atoms with E-state index in [1.807, 2.05) is 86.6 Å². The average molecular weight is 628 g/mol. The fourth-order valence-corrected chi connectivity index (χ4v) is 5.94. The lowest BCUT2D eigenvalue weighted by molar-refractivity contribution is -0.137. The van der Waals surface area contributed by atoms with Crippen molar-refractivity contribution >= 4 is 51.7 Å². The van der Waals surface area contributed by atoms with Gasteiger partial charge in [0.15, 0.2) is 0 Å². The number of benzene rings is 4. The van der Waals surface area contributed by atoms with Crippen LogP contribution >= 0.6 is 0 Å². The lowest BCUT2D eigenvalue weighted by Crippen LogP contribution is -2.52. The fourth-order valence-electron chi connectivity index (χ4n) is 5.94. The first-order chi connectivity index (χ1) is 22.7. The van der Waals surface area contributed by atoms with Crippen LogP contribution in [0.2, 0.25) is 0 Å². The van der Waals surface area contributed by atoms with Gasteiger partial charge in [0, 0.05) is 33.8 Å². The molecule has 1 unspecified atom stereocenters. The summed E-state index contributed by atoms with van der Waals surface area (Å²) in [7, 11) is 0. The number of hydrogen-bond acceptors (Lipinski definition) is 5. The molecule has 4 aromatic carbocycles. The number of fused-ring (bicyclic) bond motifs is 2. The van der Waals surface area contributed by atoms with Crippen LogP contribution in [0.1, 0.15) is 35.5 Å². The Hall–Kier alpha value is -6.03. The Labute approximate surface area is 271 Å². The smallest absolute Gasteiger partial charge is 0.323 e. The van der Waals surface area contributed by atoms with Crippen molar-refractivity contribution in [2.45, 2.75) is 32.6 Å². The minimum Gasteiger partial charge on any atom is -0.480 e. The largest absolute Gasteiger partial charge is 0.480 e. The van der Waals surface area contributed by atoms with Gasteiger partial charge in [0.1, 0.15) is 18.8 Å². The Kier molecular flexibility index (Phi) is 8.66. The van der Waals surface area contributed by atoms with Gasteiger partial charge in [-0.15, -0.1) is 0 Å². The molecule has 0 saturated carbocycles. The highest BCUT2D eigenvalue weighted by atomic mass is 16.4. The zero-order valence-corrected chi connectivity index (χ0v) is 25.9. The van der Waals surface area contributed by atoms with Crippen molar-refractivity contribution in [3.05, 3.63) is 132 Å². The number of carboxylic acids is 1. The highest BCUT2D eigenvalue weighted by Crippen LogP contribution is 2.29. The van der Waals surface area contributed by atoms with Crippen LogP contribution in [0.15, 0.2) is 120 Å². The lowest BCUT2D eigenvalue weighted by atomic mass is 10.0. The molecule has 0 bridgehead atoms. The standard InChI is InChI=1S/C37H33N5O5/c1-24(2)42(27-16-7-4-8-17-27)32(43)22-41-30-20-12-10-18-28(30)34(25-13-5-3-6-14-25)38-35(37(41)47)39-36(46)31-21-26-15-9-11-19-29(26)40(31)23-33(44)45/h3-21,24,35H,22-23H2,1-2H3,(H,39,46)(H,44,45). The minimum absolute atomic E-state index is 0.0670. The number of rotatable bonds is 9. The Morgan fingerprint density at radius 3 is 2.19 bits per heavy atom. The predicted molar refractivity (Wildman–Crippen MR) is 181 cm³/mol. The lowest BCUT2D eigenvalue weighted by Gasteiger charge is -2.31. The van der Waals surface area contributed by atoms with Gasteiger partial charge < -0.3 is 19.9 Å². The average Bonchev–Trinajstić information content (AvgIpc) is 3.38. The van der Waals surface area contributed by atoms with Crippen molar-refractivity contribution in [3.63, 3.8) is 0 Å². The number of carboxylic acid groups (broad SMARTS) is 1. The highest BCUT2D eigenvalue weighted by Gasteiger charge is 2.36. The number of aliphatic carboxylic acids is 1. The van der Waals surface area contributed by atoms with E-state index in [1.165, 1.54) is 9.47 Å². The second-order valence-electron chi connectivity index (χ2n) is 11.4. The van der Waals surface area contributed by atoms with E-state index in [9.17, 15) is 24.3 Å². The quantitative estimate of drug-likeness (QED) is 0.235. The first-order valence-corrected chi connectivity index (χ1v) is 15.2. The Morgan fingerprint density at radius 2 is 1.49 bits per heavy atom. The maximum atomic E-state index is 14.5. The molecule has 2 heterocycles. The fraction of sp³-hybridized carbons (Fsp3) is 0.162. The van der Waals surface area contributed by atoms with Crippen molar-refractivity contribution in [1.82, 2.24) is 9.88 Å². The van der Waals surface area contributed by atoms with E-state index in [-0.39, 0.29) is 24.2 Å². The van der Waals surface area contributed by atoms with Crippen molar-refractivity contribution in [2.24, 2.45) is 4.99 Å². The number of aromatic nitrogens is 1. The van der Waals surface area contributed by atoms with Crippen molar-refractivity contribution < 1.29 is 24.3 Å². The molecule has 0 fully saturated rings. The molecule has 2 N–H and O–H groups in total. The van der Waals surface area contributed by atoms with Gasteiger partial charge in [0.05, 0.1) is 11.4 Å². The second kappa shape index (κ2) is 13.1. The molecule has 1 aliphatic heterocycles. The van der Waals surface area contributed by atoms with E-state index < -0.39 is 30.5 Å². The molecule has 1 aromatic heterocycles. The van der Waals surface area contributed by atoms with Gasteiger partial charge in [-0.2, -0.15) is 0 Å². The third-order valence-electron chi connectivity index (χ3n) is 7.97. The monoisotopic (exact) mass is 627 g/mol. The summed E-state index contributed by atoms with van der Waals surface area (Å²) in [5.41, 5.74) is 3.60. The molecule has 1 aliphatic rings. The molecule has 1 atom stereocenters. The van der Waals surface area contributed by atoms with Crippen LogP contribution in [-0.4, -0.2) is 57.8 Å². The highest BCUT2D eigenvalue weighted by molar-refractivity contribution is 6.21. The molecule has 0 radical (unpaired) electrons. The molecule has 10 nitrogen and oxygen atoms in total. The summed E-state index contributed by atoms with van der Waals surface area (Å²) in [5.74, 6) is -2.72. The van der Waals surface area contributed by atoms with Gasteiger partial charge in [-0.3, -0.25) is 24.1 Å². The molecule has 3 amide bonds. The molecule has 0 spiro atoms. The number of amides is 3. The first kappa shape index (κ1) is 31.0. The van der Waals surface area contributed by atoms with Crippen LogP contribution in [0.3, 0.4) is 0 Å². The Balaban J connectivity index is 1.43. The van der Waals surface area contributed by atoms with Crippen molar-refractivity contribution in [2.75, 3.05) is 16.3 Å². The van der Waals surface area contributed by atoms with E-state index >= 15 is 0 Å². The summed E-state index contributed by atoms with van der Waals surface area (Å²) < 4.78 is 1.40. The minimum atomic E-state index is -1.43. The van der Waals surface area contributed by atoms with E-state index in [0.717, 1.165) is 0 Å². The maximum absolute atomic E-state index is 14.5. The summed E-state index contributed by atoms with van der Waals surface area (Å²) in [5, 5.41) is 13.1.